The Morgan fingerprint density at radius 2 is 2.24 bits per heavy atom. The van der Waals surface area contributed by atoms with Gasteiger partial charge in [0, 0.05) is 30.8 Å². The highest BCUT2D eigenvalue weighted by Gasteiger charge is 2.29. The summed E-state index contributed by atoms with van der Waals surface area (Å²) in [5, 5.41) is 4.60. The van der Waals surface area contributed by atoms with E-state index in [1.807, 2.05) is 6.20 Å². The molecular formula is C13H22N2OS. The van der Waals surface area contributed by atoms with Crippen LogP contribution in [0.15, 0.2) is 6.20 Å². The number of hydrogen-bond donors (Lipinski definition) is 1. The van der Waals surface area contributed by atoms with Gasteiger partial charge in [-0.3, -0.25) is 0 Å². The fourth-order valence-electron chi connectivity index (χ4n) is 1.88. The van der Waals surface area contributed by atoms with Gasteiger partial charge in [0.25, 0.3) is 0 Å². The van der Waals surface area contributed by atoms with E-state index in [4.69, 9.17) is 4.74 Å². The fourth-order valence-corrected chi connectivity index (χ4v) is 3.07. The lowest BCUT2D eigenvalue weighted by molar-refractivity contribution is 0.0150. The van der Waals surface area contributed by atoms with Crippen LogP contribution in [-0.2, 0) is 11.3 Å². The Balaban J connectivity index is 1.99. The highest BCUT2D eigenvalue weighted by Crippen LogP contribution is 2.37. The number of aromatic nitrogens is 1. The van der Waals surface area contributed by atoms with Crippen molar-refractivity contribution in [2.45, 2.75) is 52.3 Å². The molecule has 0 bridgehead atoms. The molecule has 17 heavy (non-hydrogen) atoms. The van der Waals surface area contributed by atoms with Crippen molar-refractivity contribution >= 4 is 11.3 Å². The topological polar surface area (TPSA) is 34.1 Å². The van der Waals surface area contributed by atoms with Gasteiger partial charge in [-0.05, 0) is 18.3 Å². The largest absolute Gasteiger partial charge is 0.374 e. The Hall–Kier alpha value is -0.450. The van der Waals surface area contributed by atoms with Crippen LogP contribution in [0.3, 0.4) is 0 Å². The molecule has 1 aromatic rings. The van der Waals surface area contributed by atoms with Gasteiger partial charge in [0.15, 0.2) is 0 Å². The molecule has 1 aliphatic rings. The number of rotatable bonds is 5. The molecule has 1 aliphatic carbocycles. The van der Waals surface area contributed by atoms with Crippen molar-refractivity contribution < 1.29 is 4.74 Å². The third-order valence-electron chi connectivity index (χ3n) is 2.96. The van der Waals surface area contributed by atoms with Gasteiger partial charge in [-0.15, -0.1) is 11.3 Å². The molecule has 0 spiro atoms. The van der Waals surface area contributed by atoms with Gasteiger partial charge < -0.3 is 10.1 Å². The fraction of sp³-hybridized carbons (Fsp3) is 0.769. The van der Waals surface area contributed by atoms with Crippen LogP contribution in [0.2, 0.25) is 0 Å². The van der Waals surface area contributed by atoms with Crippen LogP contribution in [-0.4, -0.2) is 18.1 Å². The summed E-state index contributed by atoms with van der Waals surface area (Å²) in [6, 6.07) is 0.751. The van der Waals surface area contributed by atoms with Crippen LogP contribution in [0.1, 0.15) is 49.6 Å². The first kappa shape index (κ1) is 13.0. The number of ether oxygens (including phenoxy) is 1. The lowest BCUT2D eigenvalue weighted by Crippen LogP contribution is -2.19. The van der Waals surface area contributed by atoms with Crippen LogP contribution in [0.25, 0.3) is 0 Å². The monoisotopic (exact) mass is 254 g/mol. The number of methoxy groups -OCH3 is 1. The van der Waals surface area contributed by atoms with Gasteiger partial charge in [-0.2, -0.15) is 0 Å². The molecule has 1 saturated carbocycles. The van der Waals surface area contributed by atoms with Gasteiger partial charge in [0.05, 0.1) is 0 Å². The molecular weight excluding hydrogens is 232 g/mol. The quantitative estimate of drug-likeness (QED) is 0.876. The first-order chi connectivity index (χ1) is 8.00. The number of nitrogens with zero attached hydrogens (tertiary/aromatic N) is 1. The second kappa shape index (κ2) is 5.04. The molecule has 1 aromatic heterocycles. The Bertz CT molecular complexity index is 366. The van der Waals surface area contributed by atoms with Crippen LogP contribution < -0.4 is 5.32 Å². The van der Waals surface area contributed by atoms with Gasteiger partial charge >= 0.3 is 0 Å². The van der Waals surface area contributed by atoms with Crippen molar-refractivity contribution in [1.29, 1.82) is 0 Å². The van der Waals surface area contributed by atoms with E-state index in [-0.39, 0.29) is 11.5 Å². The zero-order chi connectivity index (χ0) is 12.5. The zero-order valence-corrected chi connectivity index (χ0v) is 11.9. The highest BCUT2D eigenvalue weighted by atomic mass is 32.1. The highest BCUT2D eigenvalue weighted by molar-refractivity contribution is 7.11. The lowest BCUT2D eigenvalue weighted by atomic mass is 9.89. The van der Waals surface area contributed by atoms with E-state index in [1.165, 1.54) is 17.7 Å². The third kappa shape index (κ3) is 3.50. The van der Waals surface area contributed by atoms with E-state index in [0.29, 0.717) is 0 Å². The first-order valence-electron chi connectivity index (χ1n) is 6.21. The summed E-state index contributed by atoms with van der Waals surface area (Å²) in [6.07, 6.45) is 4.72. The zero-order valence-electron chi connectivity index (χ0n) is 11.1. The Morgan fingerprint density at radius 3 is 2.76 bits per heavy atom. The minimum atomic E-state index is 0.0853. The molecule has 1 fully saturated rings. The van der Waals surface area contributed by atoms with Gasteiger partial charge in [-0.1, -0.05) is 20.8 Å². The van der Waals surface area contributed by atoms with Crippen molar-refractivity contribution in [3.8, 4) is 0 Å². The standard InChI is InChI=1S/C13H22N2OS/c1-13(2,3)11(16-4)12-15-8-10(17-12)7-14-9-5-6-9/h8-9,11,14H,5-7H2,1-4H3. The van der Waals surface area contributed by atoms with Gasteiger partial charge in [0.2, 0.25) is 0 Å². The Labute approximate surface area is 108 Å². The SMILES string of the molecule is COC(c1ncc(CNC2CC2)s1)C(C)(C)C. The normalized spacial score (nSPS) is 18.4. The molecule has 3 nitrogen and oxygen atoms in total. The predicted octanol–water partition coefficient (Wildman–Crippen LogP) is 3.13. The van der Waals surface area contributed by atoms with Gasteiger partial charge in [0.1, 0.15) is 11.1 Å². The summed E-state index contributed by atoms with van der Waals surface area (Å²) in [6.45, 7) is 7.50. The predicted molar refractivity (Wildman–Crippen MR) is 71.2 cm³/mol. The minimum Gasteiger partial charge on any atom is -0.374 e. The number of thiazole rings is 1. The third-order valence-corrected chi connectivity index (χ3v) is 4.00. The van der Waals surface area contributed by atoms with Crippen molar-refractivity contribution in [1.82, 2.24) is 10.3 Å². The lowest BCUT2D eigenvalue weighted by Gasteiger charge is -2.27. The average Bonchev–Trinajstić information content (AvgIpc) is 2.95. The molecule has 0 aliphatic heterocycles. The van der Waals surface area contributed by atoms with E-state index in [1.54, 1.807) is 18.4 Å². The first-order valence-corrected chi connectivity index (χ1v) is 7.03. The molecule has 0 aromatic carbocycles. The maximum atomic E-state index is 5.58. The maximum Gasteiger partial charge on any atom is 0.122 e. The number of nitrogens with one attached hydrogen (secondary N) is 1. The molecule has 4 heteroatoms. The van der Waals surface area contributed by atoms with Crippen molar-refractivity contribution in [3.05, 3.63) is 16.1 Å². The maximum absolute atomic E-state index is 5.58. The molecule has 96 valence electrons. The average molecular weight is 254 g/mol. The molecule has 0 amide bonds. The van der Waals surface area contributed by atoms with Crippen molar-refractivity contribution in [3.63, 3.8) is 0 Å². The summed E-state index contributed by atoms with van der Waals surface area (Å²) in [5.41, 5.74) is 0.0911. The smallest absolute Gasteiger partial charge is 0.122 e. The Morgan fingerprint density at radius 1 is 1.53 bits per heavy atom. The molecule has 0 radical (unpaired) electrons. The van der Waals surface area contributed by atoms with Crippen molar-refractivity contribution in [2.24, 2.45) is 5.41 Å². The summed E-state index contributed by atoms with van der Waals surface area (Å²) in [7, 11) is 1.76. The second-order valence-electron chi connectivity index (χ2n) is 5.80. The van der Waals surface area contributed by atoms with E-state index < -0.39 is 0 Å². The molecule has 2 rings (SSSR count). The molecule has 1 unspecified atom stereocenters. The number of hydrogen-bond acceptors (Lipinski definition) is 4. The van der Waals surface area contributed by atoms with Crippen LogP contribution in [0.4, 0.5) is 0 Å². The summed E-state index contributed by atoms with van der Waals surface area (Å²) < 4.78 is 5.58. The van der Waals surface area contributed by atoms with Gasteiger partial charge in [-0.25, -0.2) is 4.98 Å². The summed E-state index contributed by atoms with van der Waals surface area (Å²) >= 11 is 1.76. The van der Waals surface area contributed by atoms with Crippen LogP contribution in [0, 0.1) is 5.41 Å². The molecule has 1 atom stereocenters. The summed E-state index contributed by atoms with van der Waals surface area (Å²) in [5.74, 6) is 0. The molecule has 0 saturated heterocycles. The van der Waals surface area contributed by atoms with Crippen LogP contribution >= 0.6 is 11.3 Å². The van der Waals surface area contributed by atoms with E-state index in [0.717, 1.165) is 17.6 Å². The summed E-state index contributed by atoms with van der Waals surface area (Å²) in [4.78, 5) is 5.81. The van der Waals surface area contributed by atoms with E-state index in [2.05, 4.69) is 31.1 Å². The molecule has 1 N–H and O–H groups in total. The Kier molecular flexibility index (Phi) is 3.85. The minimum absolute atomic E-state index is 0.0853. The molecule has 1 heterocycles. The van der Waals surface area contributed by atoms with Crippen LogP contribution in [0.5, 0.6) is 0 Å². The van der Waals surface area contributed by atoms with E-state index in [9.17, 15) is 0 Å². The second-order valence-corrected chi connectivity index (χ2v) is 6.95. The van der Waals surface area contributed by atoms with E-state index >= 15 is 0 Å². The van der Waals surface area contributed by atoms with Crippen molar-refractivity contribution in [2.75, 3.05) is 7.11 Å².